The molecule has 0 radical (unpaired) electrons. The maximum Gasteiger partial charge on any atom is 0.332 e. The highest BCUT2D eigenvalue weighted by Crippen LogP contribution is 2.18. The molecule has 2 aromatic heterocycles. The lowest BCUT2D eigenvalue weighted by molar-refractivity contribution is 0.290. The number of rotatable bonds is 7. The van der Waals surface area contributed by atoms with E-state index in [1.165, 1.54) is 9.13 Å². The Kier molecular flexibility index (Phi) is 6.00. The van der Waals surface area contributed by atoms with Gasteiger partial charge in [-0.15, -0.1) is 0 Å². The van der Waals surface area contributed by atoms with Gasteiger partial charge in [-0.3, -0.25) is 13.9 Å². The molecule has 2 rings (SSSR count). The maximum atomic E-state index is 12.9. The van der Waals surface area contributed by atoms with Gasteiger partial charge in [-0.05, 0) is 46.9 Å². The summed E-state index contributed by atoms with van der Waals surface area (Å²) in [7, 11) is 7.55. The minimum atomic E-state index is -0.307. The molecule has 0 aromatic carbocycles. The first-order valence-corrected chi connectivity index (χ1v) is 8.73. The summed E-state index contributed by atoms with van der Waals surface area (Å²) in [4.78, 5) is 32.1. The summed E-state index contributed by atoms with van der Waals surface area (Å²) >= 11 is 0. The number of anilines is 1. The first kappa shape index (κ1) is 19.2. The molecule has 0 saturated heterocycles. The van der Waals surface area contributed by atoms with Crippen LogP contribution < -0.4 is 16.6 Å². The Bertz CT molecular complexity index is 866. The highest BCUT2D eigenvalue weighted by Gasteiger charge is 2.15. The Morgan fingerprint density at radius 2 is 1.96 bits per heavy atom. The van der Waals surface area contributed by atoms with Crippen molar-refractivity contribution in [1.29, 1.82) is 0 Å². The molecule has 7 heteroatoms. The van der Waals surface area contributed by atoms with Gasteiger partial charge in [-0.25, -0.2) is 9.78 Å². The van der Waals surface area contributed by atoms with Crippen molar-refractivity contribution in [2.75, 3.05) is 26.5 Å². The lowest BCUT2D eigenvalue weighted by atomic mass is 10.1. The Morgan fingerprint density at radius 3 is 2.56 bits per heavy atom. The number of pyridine rings is 1. The third-order valence-electron chi connectivity index (χ3n) is 4.83. The molecule has 1 unspecified atom stereocenters. The zero-order chi connectivity index (χ0) is 18.7. The van der Waals surface area contributed by atoms with Gasteiger partial charge in [-0.1, -0.05) is 6.42 Å². The van der Waals surface area contributed by atoms with E-state index >= 15 is 0 Å². The number of aryl methyl sites for hydroxylation is 2. The third kappa shape index (κ3) is 3.92. The highest BCUT2D eigenvalue weighted by molar-refractivity contribution is 5.88. The molecule has 1 atom stereocenters. The van der Waals surface area contributed by atoms with E-state index in [1.807, 2.05) is 13.0 Å². The molecule has 2 heterocycles. The molecule has 0 amide bonds. The number of nitrogens with zero attached hydrogens (tertiary/aromatic N) is 4. The molecule has 0 fully saturated rings. The van der Waals surface area contributed by atoms with E-state index in [-0.39, 0.29) is 11.2 Å². The minimum Gasteiger partial charge on any atom is -0.387 e. The second-order valence-electron chi connectivity index (χ2n) is 6.87. The first-order valence-electron chi connectivity index (χ1n) is 8.73. The van der Waals surface area contributed by atoms with Crippen molar-refractivity contribution in [3.8, 4) is 0 Å². The van der Waals surface area contributed by atoms with E-state index in [0.29, 0.717) is 29.3 Å². The van der Waals surface area contributed by atoms with Crippen LogP contribution in [0.4, 0.5) is 5.69 Å². The Morgan fingerprint density at radius 1 is 1.28 bits per heavy atom. The molecule has 2 aromatic rings. The SMILES string of the molecule is CNc1cc(C)nc2c1c(=O)n(CCCCC(C)N(C)C)c(=O)n2C. The van der Waals surface area contributed by atoms with E-state index in [1.54, 1.807) is 14.1 Å². The van der Waals surface area contributed by atoms with Crippen LogP contribution in [0.1, 0.15) is 31.9 Å². The molecule has 0 spiro atoms. The fraction of sp³-hybridized carbons (Fsp3) is 0.611. The second-order valence-corrected chi connectivity index (χ2v) is 6.87. The quantitative estimate of drug-likeness (QED) is 0.770. The van der Waals surface area contributed by atoms with Gasteiger partial charge in [-0.2, -0.15) is 0 Å². The van der Waals surface area contributed by atoms with Crippen LogP contribution in [0, 0.1) is 6.92 Å². The van der Waals surface area contributed by atoms with Crippen LogP contribution in [0.3, 0.4) is 0 Å². The highest BCUT2D eigenvalue weighted by atomic mass is 16.2. The lowest BCUT2D eigenvalue weighted by Gasteiger charge is -2.19. The van der Waals surface area contributed by atoms with E-state index < -0.39 is 0 Å². The molecule has 0 aliphatic heterocycles. The molecule has 7 nitrogen and oxygen atoms in total. The van der Waals surface area contributed by atoms with Crippen LogP contribution in [0.15, 0.2) is 15.7 Å². The van der Waals surface area contributed by atoms with Gasteiger partial charge in [0.15, 0.2) is 5.65 Å². The number of aromatic nitrogens is 3. The average Bonchev–Trinajstić information content (AvgIpc) is 2.57. The summed E-state index contributed by atoms with van der Waals surface area (Å²) in [6.45, 7) is 4.45. The van der Waals surface area contributed by atoms with Crippen LogP contribution in [-0.2, 0) is 13.6 Å². The van der Waals surface area contributed by atoms with Crippen molar-refractivity contribution in [1.82, 2.24) is 19.0 Å². The molecule has 0 aliphatic rings. The second kappa shape index (κ2) is 7.82. The summed E-state index contributed by atoms with van der Waals surface area (Å²) in [6, 6.07) is 2.32. The van der Waals surface area contributed by atoms with E-state index in [0.717, 1.165) is 25.0 Å². The zero-order valence-corrected chi connectivity index (χ0v) is 16.1. The van der Waals surface area contributed by atoms with Crippen molar-refractivity contribution in [2.45, 2.75) is 45.7 Å². The van der Waals surface area contributed by atoms with Gasteiger partial charge >= 0.3 is 5.69 Å². The number of hydrogen-bond acceptors (Lipinski definition) is 5. The van der Waals surface area contributed by atoms with Crippen molar-refractivity contribution in [2.24, 2.45) is 7.05 Å². The Labute approximate surface area is 148 Å². The fourth-order valence-electron chi connectivity index (χ4n) is 2.97. The van der Waals surface area contributed by atoms with Gasteiger partial charge in [0, 0.05) is 32.4 Å². The number of nitrogens with one attached hydrogen (secondary N) is 1. The fourth-order valence-corrected chi connectivity index (χ4v) is 2.97. The predicted molar refractivity (Wildman–Crippen MR) is 103 cm³/mol. The van der Waals surface area contributed by atoms with Crippen LogP contribution in [0.25, 0.3) is 11.0 Å². The molecule has 25 heavy (non-hydrogen) atoms. The Balaban J connectivity index is 2.37. The van der Waals surface area contributed by atoms with E-state index in [9.17, 15) is 9.59 Å². The van der Waals surface area contributed by atoms with Crippen molar-refractivity contribution in [3.05, 3.63) is 32.6 Å². The first-order chi connectivity index (χ1) is 11.8. The van der Waals surface area contributed by atoms with E-state index in [2.05, 4.69) is 36.2 Å². The molecule has 0 bridgehead atoms. The third-order valence-corrected chi connectivity index (χ3v) is 4.83. The van der Waals surface area contributed by atoms with Crippen molar-refractivity contribution < 1.29 is 0 Å². The van der Waals surface area contributed by atoms with E-state index in [4.69, 9.17) is 0 Å². The normalized spacial score (nSPS) is 12.8. The Hall–Kier alpha value is -2.15. The summed E-state index contributed by atoms with van der Waals surface area (Å²) in [5.41, 5.74) is 1.32. The number of unbranched alkanes of at least 4 members (excludes halogenated alkanes) is 1. The van der Waals surface area contributed by atoms with Crippen LogP contribution in [-0.4, -0.2) is 46.2 Å². The molecule has 1 N–H and O–H groups in total. The van der Waals surface area contributed by atoms with Crippen LogP contribution in [0.2, 0.25) is 0 Å². The molecule has 138 valence electrons. The van der Waals surface area contributed by atoms with Gasteiger partial charge in [0.05, 0.1) is 5.69 Å². The lowest BCUT2D eigenvalue weighted by Crippen LogP contribution is -2.39. The van der Waals surface area contributed by atoms with Crippen LogP contribution >= 0.6 is 0 Å². The van der Waals surface area contributed by atoms with Gasteiger partial charge in [0.1, 0.15) is 5.39 Å². The zero-order valence-electron chi connectivity index (χ0n) is 16.1. The molecule has 0 aliphatic carbocycles. The predicted octanol–water partition coefficient (Wildman–Crippen LogP) is 1.57. The largest absolute Gasteiger partial charge is 0.387 e. The monoisotopic (exact) mass is 347 g/mol. The van der Waals surface area contributed by atoms with Gasteiger partial charge in [0.25, 0.3) is 5.56 Å². The summed E-state index contributed by atoms with van der Waals surface area (Å²) in [5.74, 6) is 0. The maximum absolute atomic E-state index is 12.9. The molecular formula is C18H29N5O2. The van der Waals surface area contributed by atoms with Crippen molar-refractivity contribution >= 4 is 16.7 Å². The van der Waals surface area contributed by atoms with Gasteiger partial charge < -0.3 is 10.2 Å². The smallest absolute Gasteiger partial charge is 0.332 e. The topological polar surface area (TPSA) is 72.2 Å². The van der Waals surface area contributed by atoms with Crippen LogP contribution in [0.5, 0.6) is 0 Å². The molecular weight excluding hydrogens is 318 g/mol. The standard InChI is InChI=1S/C18H29N5O2/c1-12-11-14(19-3)15-16(20-12)22(6)18(25)23(17(15)24)10-8-7-9-13(2)21(4)5/h11,13H,7-10H2,1-6H3,(H,19,20). The van der Waals surface area contributed by atoms with Crippen molar-refractivity contribution in [3.63, 3.8) is 0 Å². The minimum absolute atomic E-state index is 0.268. The summed E-state index contributed by atoms with van der Waals surface area (Å²) in [5, 5.41) is 3.52. The summed E-state index contributed by atoms with van der Waals surface area (Å²) in [6.07, 6.45) is 2.81. The summed E-state index contributed by atoms with van der Waals surface area (Å²) < 4.78 is 2.80. The number of fused-ring (bicyclic) bond motifs is 1. The average molecular weight is 347 g/mol. The number of hydrogen-bond donors (Lipinski definition) is 1. The van der Waals surface area contributed by atoms with Gasteiger partial charge in [0.2, 0.25) is 0 Å². The molecule has 0 saturated carbocycles.